The van der Waals surface area contributed by atoms with Crippen molar-refractivity contribution in [1.29, 1.82) is 0 Å². The SMILES string of the molecule is CCC(NCCC1CCCN1C(=O)OC(C)(C)C)c1cccs1. The maximum absolute atomic E-state index is 12.3. The van der Waals surface area contributed by atoms with E-state index in [1.54, 1.807) is 11.3 Å². The van der Waals surface area contributed by atoms with Gasteiger partial charge in [0.25, 0.3) is 0 Å². The third kappa shape index (κ3) is 5.50. The Morgan fingerprint density at radius 1 is 1.52 bits per heavy atom. The maximum atomic E-state index is 12.3. The molecular formula is C18H30N2O2S. The van der Waals surface area contributed by atoms with Gasteiger partial charge in [0.05, 0.1) is 0 Å². The summed E-state index contributed by atoms with van der Waals surface area (Å²) in [6.45, 7) is 9.72. The molecule has 0 radical (unpaired) electrons. The molecule has 5 heteroatoms. The molecule has 4 nitrogen and oxygen atoms in total. The number of rotatable bonds is 6. The summed E-state index contributed by atoms with van der Waals surface area (Å²) in [6, 6.07) is 5.02. The summed E-state index contributed by atoms with van der Waals surface area (Å²) in [5, 5.41) is 5.76. The molecule has 2 heterocycles. The summed E-state index contributed by atoms with van der Waals surface area (Å²) in [4.78, 5) is 15.6. The number of hydrogen-bond donors (Lipinski definition) is 1. The minimum absolute atomic E-state index is 0.162. The standard InChI is InChI=1S/C18H30N2O2S/c1-5-15(16-9-7-13-23-16)19-11-10-14-8-6-12-20(14)17(21)22-18(2,3)4/h7,9,13-15,19H,5-6,8,10-12H2,1-4H3. The molecule has 0 aromatic carbocycles. The van der Waals surface area contributed by atoms with E-state index < -0.39 is 5.60 Å². The van der Waals surface area contributed by atoms with Crippen LogP contribution in [-0.4, -0.2) is 35.7 Å². The Hall–Kier alpha value is -1.07. The smallest absolute Gasteiger partial charge is 0.410 e. The molecule has 0 aliphatic carbocycles. The van der Waals surface area contributed by atoms with Crippen molar-refractivity contribution in [2.75, 3.05) is 13.1 Å². The van der Waals surface area contributed by atoms with Crippen molar-refractivity contribution in [1.82, 2.24) is 10.2 Å². The van der Waals surface area contributed by atoms with Gasteiger partial charge in [-0.05, 0) is 64.4 Å². The van der Waals surface area contributed by atoms with E-state index in [9.17, 15) is 4.79 Å². The molecule has 130 valence electrons. The average Bonchev–Trinajstić information content (AvgIpc) is 3.13. The van der Waals surface area contributed by atoms with Crippen LogP contribution in [0, 0.1) is 0 Å². The summed E-state index contributed by atoms with van der Waals surface area (Å²) in [5.74, 6) is 0. The molecule has 1 aliphatic heterocycles. The molecule has 2 unspecified atom stereocenters. The largest absolute Gasteiger partial charge is 0.444 e. The van der Waals surface area contributed by atoms with Gasteiger partial charge in [-0.2, -0.15) is 0 Å². The summed E-state index contributed by atoms with van der Waals surface area (Å²) in [7, 11) is 0. The highest BCUT2D eigenvalue weighted by molar-refractivity contribution is 7.10. The predicted molar refractivity (Wildman–Crippen MR) is 95.9 cm³/mol. The van der Waals surface area contributed by atoms with Crippen molar-refractivity contribution in [3.8, 4) is 0 Å². The molecule has 1 aliphatic rings. The van der Waals surface area contributed by atoms with Crippen molar-refractivity contribution in [2.24, 2.45) is 0 Å². The normalized spacial score (nSPS) is 19.8. The monoisotopic (exact) mass is 338 g/mol. The summed E-state index contributed by atoms with van der Waals surface area (Å²) < 4.78 is 5.53. The zero-order chi connectivity index (χ0) is 16.9. The zero-order valence-corrected chi connectivity index (χ0v) is 15.6. The quantitative estimate of drug-likeness (QED) is 0.825. The van der Waals surface area contributed by atoms with Crippen LogP contribution in [0.1, 0.15) is 64.3 Å². The lowest BCUT2D eigenvalue weighted by molar-refractivity contribution is 0.0220. The summed E-state index contributed by atoms with van der Waals surface area (Å²) in [6.07, 6.45) is 4.07. The van der Waals surface area contributed by atoms with Crippen LogP contribution in [0.2, 0.25) is 0 Å². The fourth-order valence-electron chi connectivity index (χ4n) is 3.06. The first-order chi connectivity index (χ1) is 10.9. The first-order valence-electron chi connectivity index (χ1n) is 8.67. The molecule has 1 amide bonds. The fourth-order valence-corrected chi connectivity index (χ4v) is 3.94. The average molecular weight is 339 g/mol. The van der Waals surface area contributed by atoms with Crippen molar-refractivity contribution < 1.29 is 9.53 Å². The lowest BCUT2D eigenvalue weighted by Gasteiger charge is -2.29. The molecule has 1 aromatic rings. The van der Waals surface area contributed by atoms with E-state index in [0.717, 1.165) is 38.8 Å². The van der Waals surface area contributed by atoms with Crippen LogP contribution in [0.25, 0.3) is 0 Å². The lowest BCUT2D eigenvalue weighted by Crippen LogP contribution is -2.41. The Morgan fingerprint density at radius 2 is 2.30 bits per heavy atom. The van der Waals surface area contributed by atoms with E-state index in [1.807, 2.05) is 25.7 Å². The topological polar surface area (TPSA) is 41.6 Å². The second kappa shape index (κ2) is 8.15. The van der Waals surface area contributed by atoms with Crippen molar-refractivity contribution >= 4 is 17.4 Å². The van der Waals surface area contributed by atoms with E-state index in [2.05, 4.69) is 29.8 Å². The third-order valence-corrected chi connectivity index (χ3v) is 5.15. The molecule has 1 fully saturated rings. The number of carbonyl (C=O) groups is 1. The van der Waals surface area contributed by atoms with E-state index in [-0.39, 0.29) is 6.09 Å². The molecule has 2 atom stereocenters. The van der Waals surface area contributed by atoms with Gasteiger partial charge in [-0.3, -0.25) is 0 Å². The van der Waals surface area contributed by atoms with E-state index >= 15 is 0 Å². The minimum atomic E-state index is -0.422. The fraction of sp³-hybridized carbons (Fsp3) is 0.722. The summed E-state index contributed by atoms with van der Waals surface area (Å²) >= 11 is 1.80. The van der Waals surface area contributed by atoms with Crippen molar-refractivity contribution in [2.45, 2.75) is 71.1 Å². The molecule has 0 saturated carbocycles. The molecule has 2 rings (SSSR count). The zero-order valence-electron chi connectivity index (χ0n) is 14.8. The highest BCUT2D eigenvalue weighted by atomic mass is 32.1. The molecular weight excluding hydrogens is 308 g/mol. The van der Waals surface area contributed by atoms with Crippen LogP contribution in [0.3, 0.4) is 0 Å². The van der Waals surface area contributed by atoms with Gasteiger partial charge in [-0.15, -0.1) is 11.3 Å². The molecule has 1 aromatic heterocycles. The van der Waals surface area contributed by atoms with E-state index in [1.165, 1.54) is 4.88 Å². The van der Waals surface area contributed by atoms with Gasteiger partial charge in [-0.25, -0.2) is 4.79 Å². The number of amides is 1. The van der Waals surface area contributed by atoms with E-state index in [4.69, 9.17) is 4.74 Å². The van der Waals surface area contributed by atoms with Gasteiger partial charge in [0.15, 0.2) is 0 Å². The van der Waals surface area contributed by atoms with Crippen LogP contribution in [0.5, 0.6) is 0 Å². The van der Waals surface area contributed by atoms with Crippen molar-refractivity contribution in [3.63, 3.8) is 0 Å². The van der Waals surface area contributed by atoms with Gasteiger partial charge < -0.3 is 15.0 Å². The summed E-state index contributed by atoms with van der Waals surface area (Å²) in [5.41, 5.74) is -0.422. The molecule has 0 spiro atoms. The van der Waals surface area contributed by atoms with Crippen LogP contribution >= 0.6 is 11.3 Å². The Balaban J connectivity index is 1.81. The first kappa shape index (κ1) is 18.3. The van der Waals surface area contributed by atoms with Gasteiger partial charge in [-0.1, -0.05) is 13.0 Å². The first-order valence-corrected chi connectivity index (χ1v) is 9.55. The van der Waals surface area contributed by atoms with Crippen LogP contribution in [-0.2, 0) is 4.74 Å². The number of nitrogens with zero attached hydrogens (tertiary/aromatic N) is 1. The van der Waals surface area contributed by atoms with Gasteiger partial charge >= 0.3 is 6.09 Å². The van der Waals surface area contributed by atoms with Crippen molar-refractivity contribution in [3.05, 3.63) is 22.4 Å². The number of hydrogen-bond acceptors (Lipinski definition) is 4. The van der Waals surface area contributed by atoms with Crippen LogP contribution < -0.4 is 5.32 Å². The highest BCUT2D eigenvalue weighted by Crippen LogP contribution is 2.24. The minimum Gasteiger partial charge on any atom is -0.444 e. The second-order valence-corrected chi connectivity index (χ2v) is 8.17. The molecule has 0 bridgehead atoms. The highest BCUT2D eigenvalue weighted by Gasteiger charge is 2.31. The van der Waals surface area contributed by atoms with Gasteiger partial charge in [0, 0.05) is 23.5 Å². The Bertz CT molecular complexity index is 482. The van der Waals surface area contributed by atoms with E-state index in [0.29, 0.717) is 12.1 Å². The Morgan fingerprint density at radius 3 is 2.91 bits per heavy atom. The molecule has 1 N–H and O–H groups in total. The lowest BCUT2D eigenvalue weighted by atomic mass is 10.1. The van der Waals surface area contributed by atoms with Crippen LogP contribution in [0.15, 0.2) is 17.5 Å². The van der Waals surface area contributed by atoms with Gasteiger partial charge in [0.2, 0.25) is 0 Å². The Kier molecular flexibility index (Phi) is 6.48. The number of ether oxygens (including phenoxy) is 1. The number of nitrogens with one attached hydrogen (secondary N) is 1. The Labute approximate surface area is 144 Å². The molecule has 23 heavy (non-hydrogen) atoms. The maximum Gasteiger partial charge on any atom is 0.410 e. The number of carbonyl (C=O) groups excluding carboxylic acids is 1. The predicted octanol–water partition coefficient (Wildman–Crippen LogP) is 4.58. The molecule has 1 saturated heterocycles. The third-order valence-electron chi connectivity index (χ3n) is 4.17. The number of likely N-dealkylation sites (tertiary alicyclic amines) is 1. The number of thiophene rings is 1. The van der Waals surface area contributed by atoms with Gasteiger partial charge in [0.1, 0.15) is 5.60 Å². The van der Waals surface area contributed by atoms with Crippen LogP contribution in [0.4, 0.5) is 4.79 Å². The second-order valence-electron chi connectivity index (χ2n) is 7.19.